The van der Waals surface area contributed by atoms with Gasteiger partial charge in [-0.1, -0.05) is 36.4 Å². The molecule has 0 aliphatic carbocycles. The number of aromatic amines is 1. The van der Waals surface area contributed by atoms with Crippen LogP contribution in [-0.2, 0) is 24.3 Å². The number of nitrogens with one attached hydrogen (secondary N) is 3. The van der Waals surface area contributed by atoms with E-state index in [1.807, 2.05) is 0 Å². The zero-order chi connectivity index (χ0) is 19.8. The highest BCUT2D eigenvalue weighted by Crippen LogP contribution is 2.19. The molecule has 0 spiro atoms. The summed E-state index contributed by atoms with van der Waals surface area (Å²) in [5, 5.41) is 8.06. The van der Waals surface area contributed by atoms with Gasteiger partial charge in [0.1, 0.15) is 0 Å². The van der Waals surface area contributed by atoms with Crippen molar-refractivity contribution in [2.45, 2.75) is 33.4 Å². The predicted octanol–water partition coefficient (Wildman–Crippen LogP) is 4.54. The molecule has 0 radical (unpaired) electrons. The van der Waals surface area contributed by atoms with Crippen molar-refractivity contribution in [2.24, 2.45) is 4.99 Å². The number of aromatic nitrogens is 1. The molecule has 1 heterocycles. The van der Waals surface area contributed by atoms with Gasteiger partial charge < -0.3 is 20.4 Å². The first-order valence-electron chi connectivity index (χ1n) is 9.85. The van der Waals surface area contributed by atoms with Crippen LogP contribution in [0.4, 0.5) is 0 Å². The van der Waals surface area contributed by atoms with Gasteiger partial charge >= 0.3 is 0 Å². The summed E-state index contributed by atoms with van der Waals surface area (Å²) in [6, 6.07) is 14.9. The number of ether oxygens (including phenoxy) is 1. The van der Waals surface area contributed by atoms with Crippen molar-refractivity contribution >= 4 is 40.8 Å². The van der Waals surface area contributed by atoms with E-state index < -0.39 is 0 Å². The summed E-state index contributed by atoms with van der Waals surface area (Å²) in [6.45, 7) is 7.16. The molecule has 0 saturated carbocycles. The highest BCUT2D eigenvalue weighted by atomic mass is 127. The molecule has 0 bridgehead atoms. The average molecular weight is 506 g/mol. The van der Waals surface area contributed by atoms with Gasteiger partial charge in [0.2, 0.25) is 0 Å². The minimum Gasteiger partial charge on any atom is -0.380 e. The maximum absolute atomic E-state index is 5.16. The van der Waals surface area contributed by atoms with E-state index in [2.05, 4.69) is 78.1 Å². The summed E-state index contributed by atoms with van der Waals surface area (Å²) in [6.07, 6.45) is 3.05. The molecule has 2 aromatic carbocycles. The van der Waals surface area contributed by atoms with E-state index in [1.165, 1.54) is 33.2 Å². The zero-order valence-electron chi connectivity index (χ0n) is 17.4. The number of benzene rings is 2. The second-order valence-corrected chi connectivity index (χ2v) is 6.98. The first-order chi connectivity index (χ1) is 13.7. The van der Waals surface area contributed by atoms with E-state index in [4.69, 9.17) is 9.73 Å². The van der Waals surface area contributed by atoms with Crippen molar-refractivity contribution < 1.29 is 4.74 Å². The zero-order valence-corrected chi connectivity index (χ0v) is 19.7. The van der Waals surface area contributed by atoms with Gasteiger partial charge in [-0.15, -0.1) is 24.0 Å². The molecule has 1 aromatic heterocycles. The van der Waals surface area contributed by atoms with Crippen LogP contribution in [0.15, 0.2) is 53.7 Å². The SMILES string of the molecule is CCNC(=NCc1ccc(COC)cc1)NCCc1c[nH]c2cc(C)ccc12.I. The smallest absolute Gasteiger partial charge is 0.191 e. The van der Waals surface area contributed by atoms with Crippen molar-refractivity contribution in [1.29, 1.82) is 0 Å². The summed E-state index contributed by atoms with van der Waals surface area (Å²) in [5.74, 6) is 0.846. The summed E-state index contributed by atoms with van der Waals surface area (Å²) >= 11 is 0. The monoisotopic (exact) mass is 506 g/mol. The summed E-state index contributed by atoms with van der Waals surface area (Å²) in [4.78, 5) is 8.08. The molecule has 0 amide bonds. The average Bonchev–Trinajstić information content (AvgIpc) is 3.09. The lowest BCUT2D eigenvalue weighted by Gasteiger charge is -2.11. The number of aliphatic imine (C=N–C) groups is 1. The number of hydrogen-bond acceptors (Lipinski definition) is 2. The fourth-order valence-corrected chi connectivity index (χ4v) is 3.24. The lowest BCUT2D eigenvalue weighted by molar-refractivity contribution is 0.185. The molecule has 0 unspecified atom stereocenters. The van der Waals surface area contributed by atoms with E-state index in [0.29, 0.717) is 13.2 Å². The van der Waals surface area contributed by atoms with Gasteiger partial charge in [0.15, 0.2) is 5.96 Å². The number of methoxy groups -OCH3 is 1. The lowest BCUT2D eigenvalue weighted by Crippen LogP contribution is -2.38. The minimum absolute atomic E-state index is 0. The molecule has 0 saturated heterocycles. The predicted molar refractivity (Wildman–Crippen MR) is 132 cm³/mol. The van der Waals surface area contributed by atoms with E-state index in [9.17, 15) is 0 Å². The first-order valence-corrected chi connectivity index (χ1v) is 9.85. The van der Waals surface area contributed by atoms with Crippen LogP contribution in [0.2, 0.25) is 0 Å². The van der Waals surface area contributed by atoms with E-state index in [1.54, 1.807) is 7.11 Å². The number of guanidine groups is 1. The Balaban J connectivity index is 0.00000300. The standard InChI is InChI=1S/C23H30N4O.HI/c1-4-24-23(27-14-18-6-8-19(9-7-18)16-28-3)25-12-11-20-15-26-22-13-17(2)5-10-21(20)22;/h5-10,13,15,26H,4,11-12,14,16H2,1-3H3,(H2,24,25,27);1H. The Morgan fingerprint density at radius 3 is 2.55 bits per heavy atom. The summed E-state index contributed by atoms with van der Waals surface area (Å²) in [5.41, 5.74) is 6.16. The van der Waals surface area contributed by atoms with E-state index >= 15 is 0 Å². The number of nitrogens with zero attached hydrogens (tertiary/aromatic N) is 1. The van der Waals surface area contributed by atoms with Crippen molar-refractivity contribution in [3.8, 4) is 0 Å². The number of fused-ring (bicyclic) bond motifs is 1. The van der Waals surface area contributed by atoms with Crippen molar-refractivity contribution in [2.75, 3.05) is 20.2 Å². The third-order valence-corrected chi connectivity index (χ3v) is 4.71. The molecule has 5 nitrogen and oxygen atoms in total. The molecule has 0 aliphatic heterocycles. The normalized spacial score (nSPS) is 11.3. The van der Waals surface area contributed by atoms with Crippen LogP contribution in [0, 0.1) is 6.92 Å². The largest absolute Gasteiger partial charge is 0.380 e. The second kappa shape index (κ2) is 11.8. The van der Waals surface area contributed by atoms with Crippen LogP contribution < -0.4 is 10.6 Å². The third kappa shape index (κ3) is 6.75. The van der Waals surface area contributed by atoms with Gasteiger partial charge in [0.05, 0.1) is 13.2 Å². The Kier molecular flexibility index (Phi) is 9.47. The van der Waals surface area contributed by atoms with Crippen LogP contribution in [0.3, 0.4) is 0 Å². The fraction of sp³-hybridized carbons (Fsp3) is 0.348. The Labute approximate surface area is 190 Å². The van der Waals surface area contributed by atoms with Crippen LogP contribution in [0.25, 0.3) is 10.9 Å². The Hall–Kier alpha value is -2.06. The van der Waals surface area contributed by atoms with Crippen LogP contribution in [0.1, 0.15) is 29.2 Å². The fourth-order valence-electron chi connectivity index (χ4n) is 3.24. The number of halogens is 1. The maximum Gasteiger partial charge on any atom is 0.191 e. The molecular formula is C23H31IN4O. The second-order valence-electron chi connectivity index (χ2n) is 6.98. The quantitative estimate of drug-likeness (QED) is 0.239. The number of H-pyrrole nitrogens is 1. The first kappa shape index (κ1) is 23.2. The molecule has 3 N–H and O–H groups in total. The van der Waals surface area contributed by atoms with Gasteiger partial charge in [-0.25, -0.2) is 4.99 Å². The molecule has 156 valence electrons. The van der Waals surface area contributed by atoms with Crippen LogP contribution >= 0.6 is 24.0 Å². The molecule has 3 aromatic rings. The van der Waals surface area contributed by atoms with Gasteiger partial charge in [-0.2, -0.15) is 0 Å². The highest BCUT2D eigenvalue weighted by Gasteiger charge is 2.04. The topological polar surface area (TPSA) is 61.4 Å². The molecule has 6 heteroatoms. The van der Waals surface area contributed by atoms with E-state index in [-0.39, 0.29) is 24.0 Å². The minimum atomic E-state index is 0. The van der Waals surface area contributed by atoms with Gasteiger partial charge in [0.25, 0.3) is 0 Å². The van der Waals surface area contributed by atoms with Crippen LogP contribution in [0.5, 0.6) is 0 Å². The molecule has 3 rings (SSSR count). The highest BCUT2D eigenvalue weighted by molar-refractivity contribution is 14.0. The summed E-state index contributed by atoms with van der Waals surface area (Å²) < 4.78 is 5.16. The number of aryl methyl sites for hydroxylation is 1. The van der Waals surface area contributed by atoms with Crippen molar-refractivity contribution in [1.82, 2.24) is 15.6 Å². The van der Waals surface area contributed by atoms with E-state index in [0.717, 1.165) is 25.5 Å². The van der Waals surface area contributed by atoms with Crippen LogP contribution in [-0.4, -0.2) is 31.1 Å². The Morgan fingerprint density at radius 1 is 1.07 bits per heavy atom. The van der Waals surface area contributed by atoms with Gasteiger partial charge in [-0.05, 0) is 48.6 Å². The Bertz CT molecular complexity index is 918. The third-order valence-electron chi connectivity index (χ3n) is 4.71. The molecule has 0 fully saturated rings. The van der Waals surface area contributed by atoms with Crippen molar-refractivity contribution in [3.63, 3.8) is 0 Å². The summed E-state index contributed by atoms with van der Waals surface area (Å²) in [7, 11) is 1.71. The number of rotatable bonds is 8. The lowest BCUT2D eigenvalue weighted by atomic mass is 10.1. The van der Waals surface area contributed by atoms with Gasteiger partial charge in [0, 0.05) is 37.3 Å². The molecule has 29 heavy (non-hydrogen) atoms. The van der Waals surface area contributed by atoms with Gasteiger partial charge in [-0.3, -0.25) is 0 Å². The Morgan fingerprint density at radius 2 is 1.83 bits per heavy atom. The maximum atomic E-state index is 5.16. The van der Waals surface area contributed by atoms with Crippen molar-refractivity contribution in [3.05, 3.63) is 70.9 Å². The number of hydrogen-bond donors (Lipinski definition) is 3. The molecule has 0 aliphatic rings. The molecule has 0 atom stereocenters. The molecular weight excluding hydrogens is 475 g/mol.